The molecule has 0 saturated carbocycles. The Kier molecular flexibility index (Phi) is 6.21. The second-order valence-electron chi connectivity index (χ2n) is 5.78. The molecule has 0 unspecified atom stereocenters. The van der Waals surface area contributed by atoms with Gasteiger partial charge in [0.2, 0.25) is 5.91 Å². The van der Waals surface area contributed by atoms with Crippen molar-refractivity contribution in [3.05, 3.63) is 59.2 Å². The molecule has 23 heavy (non-hydrogen) atoms. The molecule has 0 aliphatic rings. The summed E-state index contributed by atoms with van der Waals surface area (Å²) in [7, 11) is 0. The van der Waals surface area contributed by atoms with Gasteiger partial charge in [0, 0.05) is 12.1 Å². The Hall–Kier alpha value is -2.29. The first-order valence-electron chi connectivity index (χ1n) is 8.18. The van der Waals surface area contributed by atoms with Crippen molar-refractivity contribution in [2.75, 3.05) is 11.9 Å². The van der Waals surface area contributed by atoms with Crippen molar-refractivity contribution < 1.29 is 9.53 Å². The Balaban J connectivity index is 1.76. The molecule has 0 atom stereocenters. The molecule has 0 aliphatic heterocycles. The van der Waals surface area contributed by atoms with Crippen LogP contribution in [-0.2, 0) is 11.2 Å². The van der Waals surface area contributed by atoms with Gasteiger partial charge in [0.25, 0.3) is 0 Å². The zero-order chi connectivity index (χ0) is 16.7. The van der Waals surface area contributed by atoms with E-state index in [1.165, 1.54) is 5.56 Å². The minimum Gasteiger partial charge on any atom is -0.493 e. The summed E-state index contributed by atoms with van der Waals surface area (Å²) in [6.45, 7) is 6.74. The lowest BCUT2D eigenvalue weighted by molar-refractivity contribution is -0.116. The molecule has 1 amide bonds. The van der Waals surface area contributed by atoms with Gasteiger partial charge in [-0.3, -0.25) is 4.79 Å². The third kappa shape index (κ3) is 5.13. The van der Waals surface area contributed by atoms with Gasteiger partial charge in [-0.25, -0.2) is 0 Å². The lowest BCUT2D eigenvalue weighted by Gasteiger charge is -2.11. The molecule has 3 nitrogen and oxygen atoms in total. The van der Waals surface area contributed by atoms with Crippen molar-refractivity contribution in [1.82, 2.24) is 0 Å². The van der Waals surface area contributed by atoms with Crippen LogP contribution < -0.4 is 10.1 Å². The van der Waals surface area contributed by atoms with Crippen molar-refractivity contribution in [3.63, 3.8) is 0 Å². The van der Waals surface area contributed by atoms with Gasteiger partial charge in [0.1, 0.15) is 5.75 Å². The molecule has 0 radical (unpaired) electrons. The van der Waals surface area contributed by atoms with E-state index in [1.807, 2.05) is 43.3 Å². The van der Waals surface area contributed by atoms with Crippen LogP contribution in [0.5, 0.6) is 5.75 Å². The molecule has 0 saturated heterocycles. The first kappa shape index (κ1) is 17.1. The van der Waals surface area contributed by atoms with E-state index in [1.54, 1.807) is 0 Å². The van der Waals surface area contributed by atoms with Crippen LogP contribution in [0.25, 0.3) is 0 Å². The van der Waals surface area contributed by atoms with Crippen molar-refractivity contribution in [2.24, 2.45) is 0 Å². The molecule has 0 bridgehead atoms. The van der Waals surface area contributed by atoms with Crippen LogP contribution in [0.4, 0.5) is 5.69 Å². The molecular weight excluding hydrogens is 286 g/mol. The minimum absolute atomic E-state index is 0.0372. The van der Waals surface area contributed by atoms with E-state index in [0.29, 0.717) is 19.4 Å². The van der Waals surface area contributed by atoms with Crippen molar-refractivity contribution in [2.45, 2.75) is 40.0 Å². The van der Waals surface area contributed by atoms with Gasteiger partial charge >= 0.3 is 0 Å². The predicted molar refractivity (Wildman–Crippen MR) is 95.1 cm³/mol. The van der Waals surface area contributed by atoms with E-state index in [4.69, 9.17) is 4.74 Å². The summed E-state index contributed by atoms with van der Waals surface area (Å²) >= 11 is 0. The number of ether oxygens (including phenoxy) is 1. The number of rotatable bonds is 7. The van der Waals surface area contributed by atoms with Crippen LogP contribution in [0.1, 0.15) is 36.5 Å². The summed E-state index contributed by atoms with van der Waals surface area (Å²) < 4.78 is 5.76. The predicted octanol–water partition coefficient (Wildman–Crippen LogP) is 4.66. The number of carbonyl (C=O) groups is 1. The maximum Gasteiger partial charge on any atom is 0.224 e. The second-order valence-corrected chi connectivity index (χ2v) is 5.78. The summed E-state index contributed by atoms with van der Waals surface area (Å²) in [6.07, 6.45) is 2.07. The maximum atomic E-state index is 12.0. The fourth-order valence-electron chi connectivity index (χ4n) is 2.54. The molecule has 2 aromatic carbocycles. The highest BCUT2D eigenvalue weighted by molar-refractivity contribution is 5.91. The van der Waals surface area contributed by atoms with Crippen LogP contribution in [0, 0.1) is 13.8 Å². The molecule has 122 valence electrons. The van der Waals surface area contributed by atoms with Crippen LogP contribution in [0.2, 0.25) is 0 Å². The number of para-hydroxylation sites is 1. The van der Waals surface area contributed by atoms with Crippen LogP contribution >= 0.6 is 0 Å². The first-order chi connectivity index (χ1) is 11.1. The number of aryl methyl sites for hydroxylation is 3. The van der Waals surface area contributed by atoms with Gasteiger partial charge in [-0.05, 0) is 49.9 Å². The molecule has 3 heteroatoms. The molecular formula is C20H25NO2. The van der Waals surface area contributed by atoms with E-state index < -0.39 is 0 Å². The average molecular weight is 311 g/mol. The number of amides is 1. The van der Waals surface area contributed by atoms with E-state index in [9.17, 15) is 4.79 Å². The molecule has 0 aliphatic carbocycles. The SMILES string of the molecule is CCc1ccccc1NC(=O)CCCOc1ccc(C)cc1C. The standard InChI is InChI=1S/C20H25NO2/c1-4-17-8-5-6-9-18(17)21-20(22)10-7-13-23-19-12-11-15(2)14-16(19)3/h5-6,8-9,11-12,14H,4,7,10,13H2,1-3H3,(H,21,22). The maximum absolute atomic E-state index is 12.0. The highest BCUT2D eigenvalue weighted by Gasteiger charge is 2.06. The van der Waals surface area contributed by atoms with Crippen LogP contribution in [0.3, 0.4) is 0 Å². The van der Waals surface area contributed by atoms with Gasteiger partial charge < -0.3 is 10.1 Å². The summed E-state index contributed by atoms with van der Waals surface area (Å²) in [5, 5.41) is 2.98. The van der Waals surface area contributed by atoms with Gasteiger partial charge in [0.05, 0.1) is 6.61 Å². The second kappa shape index (κ2) is 8.37. The number of anilines is 1. The van der Waals surface area contributed by atoms with Gasteiger partial charge in [0.15, 0.2) is 0 Å². The van der Waals surface area contributed by atoms with Gasteiger partial charge in [-0.2, -0.15) is 0 Å². The van der Waals surface area contributed by atoms with E-state index in [-0.39, 0.29) is 5.91 Å². The lowest BCUT2D eigenvalue weighted by atomic mass is 10.1. The largest absolute Gasteiger partial charge is 0.493 e. The Morgan fingerprint density at radius 1 is 1.13 bits per heavy atom. The third-order valence-electron chi connectivity index (χ3n) is 3.81. The van der Waals surface area contributed by atoms with Gasteiger partial charge in [-0.15, -0.1) is 0 Å². The summed E-state index contributed by atoms with van der Waals surface area (Å²) in [6, 6.07) is 14.1. The molecule has 0 aromatic heterocycles. The monoisotopic (exact) mass is 311 g/mol. The quantitative estimate of drug-likeness (QED) is 0.755. The summed E-state index contributed by atoms with van der Waals surface area (Å²) in [4.78, 5) is 12.0. The molecule has 2 aromatic rings. The minimum atomic E-state index is 0.0372. The Labute approximate surface area is 138 Å². The van der Waals surface area contributed by atoms with Gasteiger partial charge in [-0.1, -0.05) is 42.8 Å². The van der Waals surface area contributed by atoms with Crippen molar-refractivity contribution in [1.29, 1.82) is 0 Å². The molecule has 0 spiro atoms. The van der Waals surface area contributed by atoms with E-state index >= 15 is 0 Å². The molecule has 0 heterocycles. The lowest BCUT2D eigenvalue weighted by Crippen LogP contribution is -2.14. The Morgan fingerprint density at radius 3 is 2.65 bits per heavy atom. The zero-order valence-corrected chi connectivity index (χ0v) is 14.2. The smallest absolute Gasteiger partial charge is 0.224 e. The van der Waals surface area contributed by atoms with E-state index in [2.05, 4.69) is 25.2 Å². The fraction of sp³-hybridized carbons (Fsp3) is 0.350. The number of hydrogen-bond donors (Lipinski definition) is 1. The highest BCUT2D eigenvalue weighted by atomic mass is 16.5. The first-order valence-corrected chi connectivity index (χ1v) is 8.18. The summed E-state index contributed by atoms with van der Waals surface area (Å²) in [5.41, 5.74) is 4.43. The molecule has 0 fully saturated rings. The average Bonchev–Trinajstić information content (AvgIpc) is 2.53. The summed E-state index contributed by atoms with van der Waals surface area (Å²) in [5.74, 6) is 0.933. The van der Waals surface area contributed by atoms with E-state index in [0.717, 1.165) is 29.0 Å². The van der Waals surface area contributed by atoms with Crippen LogP contribution in [-0.4, -0.2) is 12.5 Å². The number of benzene rings is 2. The Bertz CT molecular complexity index is 664. The normalized spacial score (nSPS) is 10.4. The molecule has 2 rings (SSSR count). The fourth-order valence-corrected chi connectivity index (χ4v) is 2.54. The van der Waals surface area contributed by atoms with Crippen molar-refractivity contribution in [3.8, 4) is 5.75 Å². The molecule has 1 N–H and O–H groups in total. The Morgan fingerprint density at radius 2 is 1.91 bits per heavy atom. The number of carbonyl (C=O) groups excluding carboxylic acids is 1. The highest BCUT2D eigenvalue weighted by Crippen LogP contribution is 2.19. The topological polar surface area (TPSA) is 38.3 Å². The number of hydrogen-bond acceptors (Lipinski definition) is 2. The van der Waals surface area contributed by atoms with Crippen LogP contribution in [0.15, 0.2) is 42.5 Å². The zero-order valence-electron chi connectivity index (χ0n) is 14.2. The third-order valence-corrected chi connectivity index (χ3v) is 3.81. The number of nitrogens with one attached hydrogen (secondary N) is 1. The van der Waals surface area contributed by atoms with Crippen molar-refractivity contribution >= 4 is 11.6 Å².